The van der Waals surface area contributed by atoms with Gasteiger partial charge in [-0.05, 0) is 43.5 Å². The summed E-state index contributed by atoms with van der Waals surface area (Å²) < 4.78 is 5.50. The minimum absolute atomic E-state index is 0.0248. The van der Waals surface area contributed by atoms with Crippen LogP contribution in [-0.2, 0) is 0 Å². The van der Waals surface area contributed by atoms with Crippen LogP contribution >= 0.6 is 11.6 Å². The molecule has 0 bridgehead atoms. The highest BCUT2D eigenvalue weighted by Crippen LogP contribution is 2.28. The number of urea groups is 1. The molecule has 7 heteroatoms. The Balaban J connectivity index is 1.45. The Morgan fingerprint density at radius 3 is 2.93 bits per heavy atom. The van der Waals surface area contributed by atoms with Crippen molar-refractivity contribution in [3.8, 4) is 11.4 Å². The predicted octanol–water partition coefficient (Wildman–Crippen LogP) is 5.11. The first-order valence-electron chi connectivity index (χ1n) is 9.31. The van der Waals surface area contributed by atoms with Crippen LogP contribution in [0.5, 0.6) is 0 Å². The Kier molecular flexibility index (Phi) is 5.30. The number of hydrogen-bond acceptors (Lipinski definition) is 4. The fraction of sp³-hybridized carbons (Fsp3) is 0.286. The number of para-hydroxylation sites is 1. The standard InChI is InChI=1S/C21H21ClN4O2/c1-14-6-2-3-10-18(14)23-21(27)26-11-5-8-16(13-26)20-24-19(25-28-20)15-7-4-9-17(22)12-15/h2-4,6-7,9-10,12,16H,5,8,11,13H2,1H3,(H,23,27)/t16-/m0/s1. The van der Waals surface area contributed by atoms with Crippen molar-refractivity contribution in [3.63, 3.8) is 0 Å². The molecule has 2 heterocycles. The van der Waals surface area contributed by atoms with Gasteiger partial charge in [0.15, 0.2) is 0 Å². The molecule has 1 saturated heterocycles. The molecule has 1 aliphatic heterocycles. The summed E-state index contributed by atoms with van der Waals surface area (Å²) in [7, 11) is 0. The van der Waals surface area contributed by atoms with E-state index in [1.165, 1.54) is 0 Å². The zero-order valence-corrected chi connectivity index (χ0v) is 16.3. The van der Waals surface area contributed by atoms with Gasteiger partial charge in [-0.25, -0.2) is 4.79 Å². The van der Waals surface area contributed by atoms with Crippen molar-refractivity contribution in [3.05, 3.63) is 65.0 Å². The van der Waals surface area contributed by atoms with E-state index in [1.54, 1.807) is 12.1 Å². The lowest BCUT2D eigenvalue weighted by molar-refractivity contribution is 0.184. The van der Waals surface area contributed by atoms with Crippen LogP contribution in [0.3, 0.4) is 0 Å². The molecule has 0 spiro atoms. The minimum Gasteiger partial charge on any atom is -0.339 e. The number of anilines is 1. The average molecular weight is 397 g/mol. The molecular weight excluding hydrogens is 376 g/mol. The largest absolute Gasteiger partial charge is 0.339 e. The smallest absolute Gasteiger partial charge is 0.321 e. The number of aryl methyl sites for hydroxylation is 1. The van der Waals surface area contributed by atoms with Gasteiger partial charge in [-0.15, -0.1) is 0 Å². The summed E-state index contributed by atoms with van der Waals surface area (Å²) in [5.41, 5.74) is 2.68. The Hall–Kier alpha value is -2.86. The van der Waals surface area contributed by atoms with Gasteiger partial charge < -0.3 is 14.7 Å². The van der Waals surface area contributed by atoms with E-state index in [0.29, 0.717) is 29.8 Å². The molecule has 28 heavy (non-hydrogen) atoms. The summed E-state index contributed by atoms with van der Waals surface area (Å²) in [5.74, 6) is 1.10. The van der Waals surface area contributed by atoms with E-state index in [2.05, 4.69) is 15.5 Å². The fourth-order valence-corrected chi connectivity index (χ4v) is 3.61. The quantitative estimate of drug-likeness (QED) is 0.667. The van der Waals surface area contributed by atoms with Crippen LogP contribution in [0, 0.1) is 6.92 Å². The number of hydrogen-bond donors (Lipinski definition) is 1. The second-order valence-electron chi connectivity index (χ2n) is 7.00. The van der Waals surface area contributed by atoms with Gasteiger partial charge in [0.2, 0.25) is 11.7 Å². The summed E-state index contributed by atoms with van der Waals surface area (Å²) in [4.78, 5) is 19.0. The van der Waals surface area contributed by atoms with Gasteiger partial charge in [0, 0.05) is 29.4 Å². The van der Waals surface area contributed by atoms with Crippen molar-refractivity contribution in [1.29, 1.82) is 0 Å². The SMILES string of the molecule is Cc1ccccc1NC(=O)N1CCC[C@H](c2nc(-c3cccc(Cl)c3)no2)C1. The number of benzene rings is 2. The lowest BCUT2D eigenvalue weighted by Gasteiger charge is -2.31. The number of amides is 2. The maximum absolute atomic E-state index is 12.7. The van der Waals surface area contributed by atoms with Crippen LogP contribution in [0.4, 0.5) is 10.5 Å². The van der Waals surface area contributed by atoms with E-state index in [4.69, 9.17) is 16.1 Å². The maximum atomic E-state index is 12.7. The topological polar surface area (TPSA) is 71.3 Å². The van der Waals surface area contributed by atoms with Crippen LogP contribution in [0.25, 0.3) is 11.4 Å². The highest BCUT2D eigenvalue weighted by Gasteiger charge is 2.29. The van der Waals surface area contributed by atoms with Crippen molar-refractivity contribution in [2.24, 2.45) is 0 Å². The monoisotopic (exact) mass is 396 g/mol. The lowest BCUT2D eigenvalue weighted by atomic mass is 9.98. The van der Waals surface area contributed by atoms with Crippen LogP contribution in [-0.4, -0.2) is 34.2 Å². The highest BCUT2D eigenvalue weighted by atomic mass is 35.5. The summed E-state index contributed by atoms with van der Waals surface area (Å²) in [5, 5.41) is 7.71. The minimum atomic E-state index is -0.103. The molecule has 6 nitrogen and oxygen atoms in total. The van der Waals surface area contributed by atoms with Crippen molar-refractivity contribution in [1.82, 2.24) is 15.0 Å². The molecule has 1 aromatic heterocycles. The Bertz CT molecular complexity index is 988. The maximum Gasteiger partial charge on any atom is 0.321 e. The first-order valence-corrected chi connectivity index (χ1v) is 9.69. The van der Waals surface area contributed by atoms with E-state index in [0.717, 1.165) is 29.7 Å². The van der Waals surface area contributed by atoms with E-state index >= 15 is 0 Å². The van der Waals surface area contributed by atoms with Gasteiger partial charge >= 0.3 is 6.03 Å². The van der Waals surface area contributed by atoms with Crippen molar-refractivity contribution < 1.29 is 9.32 Å². The average Bonchev–Trinajstić information content (AvgIpc) is 3.20. The van der Waals surface area contributed by atoms with E-state index in [9.17, 15) is 4.79 Å². The summed E-state index contributed by atoms with van der Waals surface area (Å²) in [6.07, 6.45) is 1.80. The lowest BCUT2D eigenvalue weighted by Crippen LogP contribution is -2.41. The molecule has 0 radical (unpaired) electrons. The molecule has 0 saturated carbocycles. The van der Waals surface area contributed by atoms with Gasteiger partial charge in [0.25, 0.3) is 0 Å². The molecule has 1 N–H and O–H groups in total. The Labute approximate surface area is 168 Å². The highest BCUT2D eigenvalue weighted by molar-refractivity contribution is 6.30. The van der Waals surface area contributed by atoms with Gasteiger partial charge in [-0.2, -0.15) is 4.98 Å². The molecule has 0 aliphatic carbocycles. The number of likely N-dealkylation sites (tertiary alicyclic amines) is 1. The van der Waals surface area contributed by atoms with Crippen molar-refractivity contribution in [2.75, 3.05) is 18.4 Å². The van der Waals surface area contributed by atoms with Crippen molar-refractivity contribution in [2.45, 2.75) is 25.7 Å². The van der Waals surface area contributed by atoms with Crippen LogP contribution in [0.1, 0.15) is 30.2 Å². The van der Waals surface area contributed by atoms with Crippen LogP contribution < -0.4 is 5.32 Å². The molecule has 2 amide bonds. The number of aromatic nitrogens is 2. The molecule has 144 valence electrons. The molecule has 4 rings (SSSR count). The Morgan fingerprint density at radius 1 is 1.25 bits per heavy atom. The zero-order chi connectivity index (χ0) is 19.5. The normalized spacial score (nSPS) is 16.8. The molecule has 2 aromatic carbocycles. The molecular formula is C21H21ClN4O2. The zero-order valence-electron chi connectivity index (χ0n) is 15.6. The number of carbonyl (C=O) groups excluding carboxylic acids is 1. The second-order valence-corrected chi connectivity index (χ2v) is 7.43. The van der Waals surface area contributed by atoms with E-state index in [1.807, 2.05) is 48.2 Å². The van der Waals surface area contributed by atoms with E-state index in [-0.39, 0.29) is 11.9 Å². The van der Waals surface area contributed by atoms with Gasteiger partial charge in [0.05, 0.1) is 5.92 Å². The summed E-state index contributed by atoms with van der Waals surface area (Å²) in [6.45, 7) is 3.24. The number of nitrogens with one attached hydrogen (secondary N) is 1. The predicted molar refractivity (Wildman–Crippen MR) is 108 cm³/mol. The first-order chi connectivity index (χ1) is 13.6. The molecule has 3 aromatic rings. The number of carbonyl (C=O) groups is 1. The van der Waals surface area contributed by atoms with E-state index < -0.39 is 0 Å². The summed E-state index contributed by atoms with van der Waals surface area (Å²) >= 11 is 6.04. The first kappa shape index (κ1) is 18.5. The number of piperidine rings is 1. The third-order valence-electron chi connectivity index (χ3n) is 4.97. The summed E-state index contributed by atoms with van der Waals surface area (Å²) in [6, 6.07) is 15.0. The van der Waals surface area contributed by atoms with Crippen molar-refractivity contribution >= 4 is 23.3 Å². The Morgan fingerprint density at radius 2 is 2.11 bits per heavy atom. The number of nitrogens with zero attached hydrogens (tertiary/aromatic N) is 3. The van der Waals surface area contributed by atoms with Gasteiger partial charge in [0.1, 0.15) is 0 Å². The van der Waals surface area contributed by atoms with Gasteiger partial charge in [-0.1, -0.05) is 47.1 Å². The van der Waals surface area contributed by atoms with Crippen LogP contribution in [0.2, 0.25) is 5.02 Å². The third-order valence-corrected chi connectivity index (χ3v) is 5.20. The fourth-order valence-electron chi connectivity index (χ4n) is 3.42. The molecule has 0 unspecified atom stereocenters. The second kappa shape index (κ2) is 8.02. The molecule has 1 aliphatic rings. The third kappa shape index (κ3) is 4.02. The molecule has 1 fully saturated rings. The van der Waals surface area contributed by atoms with Crippen LogP contribution in [0.15, 0.2) is 53.1 Å². The number of halogens is 1. The number of rotatable bonds is 3. The van der Waals surface area contributed by atoms with Gasteiger partial charge in [-0.3, -0.25) is 0 Å². The molecule has 1 atom stereocenters.